The molecule has 0 unspecified atom stereocenters. The molecule has 1 N–H and O–H groups in total. The highest BCUT2D eigenvalue weighted by Gasteiger charge is 2.25. The first kappa shape index (κ1) is 14.1. The Labute approximate surface area is 128 Å². The minimum absolute atomic E-state index is 0.00174. The number of nitrogens with zero attached hydrogens (tertiary/aromatic N) is 2. The van der Waals surface area contributed by atoms with Gasteiger partial charge in [0.15, 0.2) is 6.61 Å². The van der Waals surface area contributed by atoms with Crippen LogP contribution in [0.5, 0.6) is 5.75 Å². The van der Waals surface area contributed by atoms with Gasteiger partial charge in [0.1, 0.15) is 5.75 Å². The third kappa shape index (κ3) is 2.65. The third-order valence-electron chi connectivity index (χ3n) is 3.57. The second-order valence-corrected chi connectivity index (χ2v) is 5.04. The van der Waals surface area contributed by atoms with Crippen LogP contribution >= 0.6 is 0 Å². The van der Waals surface area contributed by atoms with Crippen LogP contribution in [0, 0.1) is 11.3 Å². The number of aliphatic hydroxyl groups excluding tert-OH is 1. The number of hydrogen-bond acceptors (Lipinski definition) is 4. The Bertz CT molecular complexity index is 747. The van der Waals surface area contributed by atoms with Gasteiger partial charge < -0.3 is 14.7 Å². The Kier molecular flexibility index (Phi) is 3.77. The zero-order valence-corrected chi connectivity index (χ0v) is 11.8. The van der Waals surface area contributed by atoms with Crippen molar-refractivity contribution in [3.63, 3.8) is 0 Å². The molecule has 3 rings (SSSR count). The molecule has 5 nitrogen and oxygen atoms in total. The zero-order valence-electron chi connectivity index (χ0n) is 11.8. The molecule has 2 aromatic rings. The molecule has 2 aromatic carbocycles. The predicted octanol–water partition coefficient (Wildman–Crippen LogP) is 1.98. The second-order valence-electron chi connectivity index (χ2n) is 5.04. The molecule has 0 atom stereocenters. The van der Waals surface area contributed by atoms with Gasteiger partial charge in [-0.3, -0.25) is 4.79 Å². The van der Waals surface area contributed by atoms with E-state index in [2.05, 4.69) is 6.07 Å². The van der Waals surface area contributed by atoms with E-state index in [0.29, 0.717) is 23.5 Å². The maximum atomic E-state index is 12.2. The van der Waals surface area contributed by atoms with Gasteiger partial charge in [0.05, 0.1) is 30.5 Å². The van der Waals surface area contributed by atoms with Crippen molar-refractivity contribution in [2.24, 2.45) is 0 Å². The number of anilines is 1. The van der Waals surface area contributed by atoms with E-state index < -0.39 is 0 Å². The summed E-state index contributed by atoms with van der Waals surface area (Å²) >= 11 is 0. The van der Waals surface area contributed by atoms with Crippen molar-refractivity contribution in [2.75, 3.05) is 11.5 Å². The highest BCUT2D eigenvalue weighted by atomic mass is 16.5. The van der Waals surface area contributed by atoms with Gasteiger partial charge in [-0.25, -0.2) is 0 Å². The van der Waals surface area contributed by atoms with E-state index in [1.807, 2.05) is 12.1 Å². The lowest BCUT2D eigenvalue weighted by Crippen LogP contribution is -2.38. The van der Waals surface area contributed by atoms with Gasteiger partial charge in [-0.2, -0.15) is 5.26 Å². The molecule has 0 spiro atoms. The van der Waals surface area contributed by atoms with E-state index in [4.69, 9.17) is 10.00 Å². The average Bonchev–Trinajstić information content (AvgIpc) is 2.57. The molecule has 0 bridgehead atoms. The summed E-state index contributed by atoms with van der Waals surface area (Å²) in [6.45, 7) is 0.309. The van der Waals surface area contributed by atoms with Gasteiger partial charge in [0.2, 0.25) is 0 Å². The Balaban J connectivity index is 1.92. The van der Waals surface area contributed by atoms with Gasteiger partial charge in [0, 0.05) is 0 Å². The maximum absolute atomic E-state index is 12.2. The van der Waals surface area contributed by atoms with Crippen LogP contribution in [-0.2, 0) is 17.9 Å². The lowest BCUT2D eigenvalue weighted by molar-refractivity contribution is -0.121. The number of benzene rings is 2. The molecular weight excluding hydrogens is 280 g/mol. The highest BCUT2D eigenvalue weighted by molar-refractivity contribution is 5.97. The summed E-state index contributed by atoms with van der Waals surface area (Å²) in [6, 6.07) is 14.5. The number of rotatable bonds is 3. The number of carbonyl (C=O) groups excluding carboxylic acids is 1. The molecule has 0 saturated heterocycles. The molecule has 1 heterocycles. The number of nitriles is 1. The molecule has 1 aliphatic heterocycles. The van der Waals surface area contributed by atoms with Crippen molar-refractivity contribution >= 4 is 11.6 Å². The van der Waals surface area contributed by atoms with Crippen LogP contribution in [-0.4, -0.2) is 17.6 Å². The fourth-order valence-electron chi connectivity index (χ4n) is 2.39. The van der Waals surface area contributed by atoms with Crippen LogP contribution in [0.25, 0.3) is 0 Å². The molecule has 0 radical (unpaired) electrons. The van der Waals surface area contributed by atoms with E-state index >= 15 is 0 Å². The summed E-state index contributed by atoms with van der Waals surface area (Å²) in [5.74, 6) is 0.498. The summed E-state index contributed by atoms with van der Waals surface area (Å²) in [5.41, 5.74) is 2.89. The number of aliphatic hydroxyl groups is 1. The van der Waals surface area contributed by atoms with Crippen molar-refractivity contribution in [3.05, 3.63) is 59.2 Å². The first-order valence-corrected chi connectivity index (χ1v) is 6.87. The topological polar surface area (TPSA) is 73.6 Å². The summed E-state index contributed by atoms with van der Waals surface area (Å²) in [4.78, 5) is 13.8. The molecule has 0 aromatic heterocycles. The number of hydrogen-bond donors (Lipinski definition) is 1. The Hall–Kier alpha value is -2.84. The van der Waals surface area contributed by atoms with Gasteiger partial charge >= 0.3 is 0 Å². The van der Waals surface area contributed by atoms with Crippen LogP contribution in [0.3, 0.4) is 0 Å². The monoisotopic (exact) mass is 294 g/mol. The van der Waals surface area contributed by atoms with Gasteiger partial charge in [-0.05, 0) is 35.4 Å². The van der Waals surface area contributed by atoms with Gasteiger partial charge in [-0.15, -0.1) is 0 Å². The van der Waals surface area contributed by atoms with E-state index in [0.717, 1.165) is 11.1 Å². The molecular formula is C17H14N2O3. The summed E-state index contributed by atoms with van der Waals surface area (Å²) in [6.07, 6.45) is 0. The number of ether oxygens (including phenoxy) is 1. The van der Waals surface area contributed by atoms with Crippen LogP contribution in [0.2, 0.25) is 0 Å². The van der Waals surface area contributed by atoms with Gasteiger partial charge in [0.25, 0.3) is 5.91 Å². The van der Waals surface area contributed by atoms with Crippen LogP contribution < -0.4 is 9.64 Å². The largest absolute Gasteiger partial charge is 0.482 e. The fraction of sp³-hybridized carbons (Fsp3) is 0.176. The molecule has 0 fully saturated rings. The predicted molar refractivity (Wildman–Crippen MR) is 80.2 cm³/mol. The van der Waals surface area contributed by atoms with Crippen molar-refractivity contribution in [1.82, 2.24) is 0 Å². The second kappa shape index (κ2) is 5.88. The van der Waals surface area contributed by atoms with Gasteiger partial charge in [-0.1, -0.05) is 18.2 Å². The first-order chi connectivity index (χ1) is 10.7. The fourth-order valence-corrected chi connectivity index (χ4v) is 2.39. The van der Waals surface area contributed by atoms with E-state index in [1.165, 1.54) is 0 Å². The highest BCUT2D eigenvalue weighted by Crippen LogP contribution is 2.34. The van der Waals surface area contributed by atoms with Crippen LogP contribution in [0.1, 0.15) is 16.7 Å². The SMILES string of the molecule is N#Cc1ccc(CN2C(=O)COc3ccc(CO)cc32)cc1. The minimum atomic E-state index is -0.132. The third-order valence-corrected chi connectivity index (χ3v) is 3.57. The Morgan fingerprint density at radius 1 is 1.18 bits per heavy atom. The summed E-state index contributed by atoms with van der Waals surface area (Å²) < 4.78 is 5.42. The van der Waals surface area contributed by atoms with Crippen molar-refractivity contribution in [1.29, 1.82) is 5.26 Å². The molecule has 1 aliphatic rings. The molecule has 1 amide bonds. The summed E-state index contributed by atoms with van der Waals surface area (Å²) in [5, 5.41) is 18.1. The smallest absolute Gasteiger partial charge is 0.265 e. The first-order valence-electron chi connectivity index (χ1n) is 6.87. The van der Waals surface area contributed by atoms with E-state index in [9.17, 15) is 9.90 Å². The minimum Gasteiger partial charge on any atom is -0.482 e. The van der Waals surface area contributed by atoms with Crippen molar-refractivity contribution in [2.45, 2.75) is 13.2 Å². The molecule has 5 heteroatoms. The van der Waals surface area contributed by atoms with E-state index in [-0.39, 0.29) is 19.1 Å². The van der Waals surface area contributed by atoms with E-state index in [1.54, 1.807) is 35.2 Å². The summed E-state index contributed by atoms with van der Waals surface area (Å²) in [7, 11) is 0. The number of fused-ring (bicyclic) bond motifs is 1. The lowest BCUT2D eigenvalue weighted by atomic mass is 10.1. The van der Waals surface area contributed by atoms with Crippen molar-refractivity contribution in [3.8, 4) is 11.8 Å². The zero-order chi connectivity index (χ0) is 15.5. The maximum Gasteiger partial charge on any atom is 0.265 e. The number of amides is 1. The Morgan fingerprint density at radius 3 is 2.59 bits per heavy atom. The molecule has 0 saturated carbocycles. The quantitative estimate of drug-likeness (QED) is 0.939. The van der Waals surface area contributed by atoms with Crippen molar-refractivity contribution < 1.29 is 14.6 Å². The normalized spacial score (nSPS) is 13.3. The van der Waals surface area contributed by atoms with Crippen LogP contribution in [0.4, 0.5) is 5.69 Å². The molecule has 110 valence electrons. The molecule has 22 heavy (non-hydrogen) atoms. The van der Waals surface area contributed by atoms with Crippen LogP contribution in [0.15, 0.2) is 42.5 Å². The lowest BCUT2D eigenvalue weighted by Gasteiger charge is -2.29. The number of carbonyl (C=O) groups is 1. The molecule has 0 aliphatic carbocycles. The Morgan fingerprint density at radius 2 is 1.91 bits per heavy atom. The standard InChI is InChI=1S/C17H14N2O3/c18-8-12-1-3-13(4-2-12)9-19-15-7-14(10-20)5-6-16(15)22-11-17(19)21/h1-7,20H,9-11H2. The average molecular weight is 294 g/mol.